The average molecular weight is 573 g/mol. The van der Waals surface area contributed by atoms with Gasteiger partial charge in [-0.3, -0.25) is 0 Å². The van der Waals surface area contributed by atoms with Crippen LogP contribution in [0.5, 0.6) is 17.2 Å². The third-order valence-corrected chi connectivity index (χ3v) is 7.38. The number of rotatable bonds is 8. The molecule has 0 atom stereocenters. The third kappa shape index (κ3) is 6.36. The van der Waals surface area contributed by atoms with Gasteiger partial charge >= 0.3 is 6.36 Å². The van der Waals surface area contributed by atoms with E-state index in [1.807, 2.05) is 0 Å². The first kappa shape index (κ1) is 29.7. The fourth-order valence-electron chi connectivity index (χ4n) is 5.30. The normalized spacial score (nSPS) is 17.6. The molecule has 216 valence electrons. The Morgan fingerprint density at radius 2 is 1.45 bits per heavy atom. The summed E-state index contributed by atoms with van der Waals surface area (Å²) >= 11 is 0. The number of para-hydroxylation sites is 1. The second-order valence-electron chi connectivity index (χ2n) is 10.1. The minimum absolute atomic E-state index is 0.0186. The summed E-state index contributed by atoms with van der Waals surface area (Å²) in [6, 6.07) is 6.82. The van der Waals surface area contributed by atoms with Crippen LogP contribution in [0.15, 0.2) is 36.4 Å². The van der Waals surface area contributed by atoms with Crippen molar-refractivity contribution in [2.24, 2.45) is 5.92 Å². The Morgan fingerprint density at radius 3 is 2.05 bits per heavy atom. The predicted molar refractivity (Wildman–Crippen MR) is 134 cm³/mol. The van der Waals surface area contributed by atoms with E-state index >= 15 is 8.78 Å². The molecule has 0 unspecified atom stereocenters. The molecular weight excluding hydrogens is 544 g/mol. The highest BCUT2D eigenvalue weighted by atomic mass is 19.4. The zero-order chi connectivity index (χ0) is 29.2. The van der Waals surface area contributed by atoms with Gasteiger partial charge in [-0.1, -0.05) is 44.4 Å². The lowest BCUT2D eigenvalue weighted by atomic mass is 9.76. The SMILES string of the molecule is CCCC[C@H]1CC[C@H](c2c(F)c(F)c(C)c(F)c2Oc2ccccc2-c2cc(F)c(OC(F)(F)F)c(F)c2)CC1. The van der Waals surface area contributed by atoms with Crippen LogP contribution in [0.3, 0.4) is 0 Å². The molecule has 10 heteroatoms. The summed E-state index contributed by atoms with van der Waals surface area (Å²) in [6.45, 7) is 3.16. The van der Waals surface area contributed by atoms with Gasteiger partial charge in [-0.15, -0.1) is 13.2 Å². The summed E-state index contributed by atoms with van der Waals surface area (Å²) in [5, 5.41) is 0. The molecule has 0 N–H and O–H groups in total. The molecule has 1 saturated carbocycles. The number of unbranched alkanes of at least 4 members (excludes halogenated alkanes) is 1. The van der Waals surface area contributed by atoms with Crippen LogP contribution >= 0.6 is 0 Å². The Bertz CT molecular complexity index is 1340. The Hall–Kier alpha value is -3.30. The number of benzene rings is 3. The van der Waals surface area contributed by atoms with Gasteiger partial charge in [-0.05, 0) is 68.2 Å². The fourth-order valence-corrected chi connectivity index (χ4v) is 5.30. The van der Waals surface area contributed by atoms with Crippen molar-refractivity contribution in [2.75, 3.05) is 0 Å². The van der Waals surface area contributed by atoms with Gasteiger partial charge in [-0.25, -0.2) is 22.0 Å². The van der Waals surface area contributed by atoms with Gasteiger partial charge in [0.2, 0.25) is 5.75 Å². The topological polar surface area (TPSA) is 18.5 Å². The standard InChI is InChI=1S/C30H28F8O2/c1-3-4-7-17-10-12-18(13-11-17)24-27(35)25(33)16(2)26(34)29(24)39-23-9-6-5-8-20(23)19-14-21(31)28(22(32)15-19)40-30(36,37)38/h5-6,8-9,14-15,17-18H,3-4,7,10-13H2,1-2H3/t17-,18-. The van der Waals surface area contributed by atoms with Crippen molar-refractivity contribution in [1.82, 2.24) is 0 Å². The minimum atomic E-state index is -5.32. The zero-order valence-electron chi connectivity index (χ0n) is 21.9. The van der Waals surface area contributed by atoms with Gasteiger partial charge in [0.05, 0.1) is 0 Å². The van der Waals surface area contributed by atoms with Gasteiger partial charge in [0.1, 0.15) is 5.75 Å². The molecule has 0 radical (unpaired) electrons. The lowest BCUT2D eigenvalue weighted by molar-refractivity contribution is -0.276. The molecule has 3 aromatic rings. The molecule has 1 fully saturated rings. The smallest absolute Gasteiger partial charge is 0.453 e. The quantitative estimate of drug-likeness (QED) is 0.198. The Kier molecular flexibility index (Phi) is 8.95. The molecule has 4 rings (SSSR count). The van der Waals surface area contributed by atoms with Crippen LogP contribution in [-0.2, 0) is 0 Å². The van der Waals surface area contributed by atoms with E-state index in [0.29, 0.717) is 30.9 Å². The molecular formula is C30H28F8O2. The fraction of sp³-hybridized carbons (Fsp3) is 0.400. The maximum absolute atomic E-state index is 15.5. The highest BCUT2D eigenvalue weighted by Gasteiger charge is 2.35. The highest BCUT2D eigenvalue weighted by molar-refractivity contribution is 5.72. The van der Waals surface area contributed by atoms with Crippen molar-refractivity contribution in [3.63, 3.8) is 0 Å². The first-order valence-electron chi connectivity index (χ1n) is 13.1. The number of ether oxygens (including phenoxy) is 2. The molecule has 0 aliphatic heterocycles. The number of hydrogen-bond donors (Lipinski definition) is 0. The van der Waals surface area contributed by atoms with Crippen LogP contribution in [0.1, 0.15) is 68.9 Å². The van der Waals surface area contributed by atoms with Crippen molar-refractivity contribution >= 4 is 0 Å². The largest absolute Gasteiger partial charge is 0.573 e. The molecule has 0 heterocycles. The number of alkyl halides is 3. The first-order valence-corrected chi connectivity index (χ1v) is 13.1. The maximum Gasteiger partial charge on any atom is 0.573 e. The Labute approximate surface area is 226 Å². The van der Waals surface area contributed by atoms with Crippen molar-refractivity contribution in [3.8, 4) is 28.4 Å². The van der Waals surface area contributed by atoms with E-state index in [2.05, 4.69) is 11.7 Å². The Morgan fingerprint density at radius 1 is 0.825 bits per heavy atom. The van der Waals surface area contributed by atoms with Crippen molar-refractivity contribution in [2.45, 2.75) is 71.1 Å². The van der Waals surface area contributed by atoms with Gasteiger partial charge < -0.3 is 9.47 Å². The molecule has 1 aliphatic rings. The van der Waals surface area contributed by atoms with Crippen molar-refractivity contribution in [1.29, 1.82) is 0 Å². The molecule has 1 aliphatic carbocycles. The second-order valence-corrected chi connectivity index (χ2v) is 10.1. The number of hydrogen-bond acceptors (Lipinski definition) is 2. The van der Waals surface area contributed by atoms with Crippen LogP contribution < -0.4 is 9.47 Å². The highest BCUT2D eigenvalue weighted by Crippen LogP contribution is 2.47. The lowest BCUT2D eigenvalue weighted by Crippen LogP contribution is -2.19. The summed E-state index contributed by atoms with van der Waals surface area (Å²) in [5.41, 5.74) is -1.08. The van der Waals surface area contributed by atoms with Gasteiger partial charge in [0.25, 0.3) is 0 Å². The Balaban J connectivity index is 1.73. The van der Waals surface area contributed by atoms with E-state index in [-0.39, 0.29) is 22.4 Å². The molecule has 0 saturated heterocycles. The summed E-state index contributed by atoms with van der Waals surface area (Å²) in [5.74, 6) is -9.28. The third-order valence-electron chi connectivity index (χ3n) is 7.38. The molecule has 2 nitrogen and oxygen atoms in total. The lowest BCUT2D eigenvalue weighted by Gasteiger charge is -2.30. The molecule has 0 spiro atoms. The monoisotopic (exact) mass is 572 g/mol. The van der Waals surface area contributed by atoms with Gasteiger partial charge in [-0.2, -0.15) is 0 Å². The molecule has 0 aromatic heterocycles. The average Bonchev–Trinajstić information content (AvgIpc) is 2.91. The molecule has 0 bridgehead atoms. The summed E-state index contributed by atoms with van der Waals surface area (Å²) in [7, 11) is 0. The predicted octanol–water partition coefficient (Wildman–Crippen LogP) is 10.5. The van der Waals surface area contributed by atoms with Crippen LogP contribution in [-0.4, -0.2) is 6.36 Å². The summed E-state index contributed by atoms with van der Waals surface area (Å²) < 4.78 is 121. The minimum Gasteiger partial charge on any atom is -0.453 e. The molecule has 40 heavy (non-hydrogen) atoms. The van der Waals surface area contributed by atoms with E-state index in [1.165, 1.54) is 24.3 Å². The summed E-state index contributed by atoms with van der Waals surface area (Å²) in [4.78, 5) is 0. The van der Waals surface area contributed by atoms with Gasteiger partial charge in [0.15, 0.2) is 34.8 Å². The van der Waals surface area contributed by atoms with Crippen LogP contribution in [0.2, 0.25) is 0 Å². The van der Waals surface area contributed by atoms with Crippen LogP contribution in [0.4, 0.5) is 35.1 Å². The number of halogens is 8. The van der Waals surface area contributed by atoms with Crippen LogP contribution in [0.25, 0.3) is 11.1 Å². The van der Waals surface area contributed by atoms with Crippen LogP contribution in [0, 0.1) is 41.9 Å². The zero-order valence-corrected chi connectivity index (χ0v) is 21.9. The second kappa shape index (κ2) is 12.1. The summed E-state index contributed by atoms with van der Waals surface area (Å²) in [6.07, 6.45) is 0.352. The maximum atomic E-state index is 15.5. The van der Waals surface area contributed by atoms with E-state index in [4.69, 9.17) is 4.74 Å². The first-order chi connectivity index (χ1) is 18.9. The van der Waals surface area contributed by atoms with E-state index in [0.717, 1.165) is 39.0 Å². The molecule has 3 aromatic carbocycles. The molecule has 0 amide bonds. The van der Waals surface area contributed by atoms with E-state index in [1.54, 1.807) is 0 Å². The van der Waals surface area contributed by atoms with Crippen molar-refractivity contribution < 1.29 is 44.6 Å². The van der Waals surface area contributed by atoms with Crippen molar-refractivity contribution in [3.05, 3.63) is 76.6 Å². The van der Waals surface area contributed by atoms with E-state index in [9.17, 15) is 26.3 Å². The van der Waals surface area contributed by atoms with Gasteiger partial charge in [0, 0.05) is 16.7 Å². The van der Waals surface area contributed by atoms with E-state index < -0.39 is 58.4 Å².